The number of amides is 1. The molecule has 0 saturated carbocycles. The smallest absolute Gasteiger partial charge is 0.251 e. The van der Waals surface area contributed by atoms with Crippen LogP contribution >= 0.6 is 0 Å². The molecule has 0 bridgehead atoms. The van der Waals surface area contributed by atoms with Gasteiger partial charge in [-0.3, -0.25) is 4.79 Å². The molecule has 0 spiro atoms. The number of nitrogens with one attached hydrogen (secondary N) is 1. The maximum absolute atomic E-state index is 13.4. The van der Waals surface area contributed by atoms with Crippen molar-refractivity contribution in [2.75, 3.05) is 26.9 Å². The van der Waals surface area contributed by atoms with Crippen LogP contribution in [0, 0.1) is 18.7 Å². The van der Waals surface area contributed by atoms with Crippen molar-refractivity contribution < 1.29 is 23.8 Å². The van der Waals surface area contributed by atoms with E-state index in [1.54, 1.807) is 19.1 Å². The highest BCUT2D eigenvalue weighted by atomic mass is 19.1. The normalized spacial score (nSPS) is 25.6. The summed E-state index contributed by atoms with van der Waals surface area (Å²) in [5.41, 5.74) is 0.748. The van der Waals surface area contributed by atoms with Crippen LogP contribution in [0.15, 0.2) is 18.2 Å². The van der Waals surface area contributed by atoms with Crippen molar-refractivity contribution in [1.29, 1.82) is 0 Å². The molecule has 2 N–H and O–H groups in total. The van der Waals surface area contributed by atoms with E-state index in [0.29, 0.717) is 18.8 Å². The molecule has 0 radical (unpaired) electrons. The molecule has 5 nitrogen and oxygen atoms in total. The number of aryl methyl sites for hydroxylation is 1. The van der Waals surface area contributed by atoms with E-state index in [-0.39, 0.29) is 23.9 Å². The third-order valence-corrected chi connectivity index (χ3v) is 3.74. The maximum Gasteiger partial charge on any atom is 0.251 e. The van der Waals surface area contributed by atoms with Crippen molar-refractivity contribution in [1.82, 2.24) is 5.32 Å². The Morgan fingerprint density at radius 1 is 1.52 bits per heavy atom. The zero-order valence-electron chi connectivity index (χ0n) is 12.1. The molecule has 1 amide bonds. The van der Waals surface area contributed by atoms with Crippen molar-refractivity contribution in [2.24, 2.45) is 5.92 Å². The second-order valence-electron chi connectivity index (χ2n) is 5.24. The van der Waals surface area contributed by atoms with Gasteiger partial charge in [-0.05, 0) is 24.6 Å². The van der Waals surface area contributed by atoms with Crippen molar-refractivity contribution in [3.05, 3.63) is 35.1 Å². The molecule has 1 aromatic carbocycles. The van der Waals surface area contributed by atoms with Crippen LogP contribution in [0.25, 0.3) is 0 Å². The minimum absolute atomic E-state index is 0.245. The van der Waals surface area contributed by atoms with E-state index in [0.717, 1.165) is 0 Å². The molecule has 3 atom stereocenters. The lowest BCUT2D eigenvalue weighted by atomic mass is 9.96. The summed E-state index contributed by atoms with van der Waals surface area (Å²) in [6.07, 6.45) is -1.09. The van der Waals surface area contributed by atoms with Gasteiger partial charge in [0.25, 0.3) is 5.91 Å². The van der Waals surface area contributed by atoms with E-state index < -0.39 is 18.0 Å². The Morgan fingerprint density at radius 2 is 2.29 bits per heavy atom. The Morgan fingerprint density at radius 3 is 2.95 bits per heavy atom. The topological polar surface area (TPSA) is 67.8 Å². The highest BCUT2D eigenvalue weighted by Gasteiger charge is 2.32. The number of ether oxygens (including phenoxy) is 2. The lowest BCUT2D eigenvalue weighted by molar-refractivity contribution is -0.132. The van der Waals surface area contributed by atoms with Gasteiger partial charge in [0.15, 0.2) is 0 Å². The van der Waals surface area contributed by atoms with Crippen LogP contribution in [-0.4, -0.2) is 50.1 Å². The summed E-state index contributed by atoms with van der Waals surface area (Å²) in [6, 6.07) is 4.33. The number of halogens is 1. The summed E-state index contributed by atoms with van der Waals surface area (Å²) in [5, 5.41) is 12.8. The third-order valence-electron chi connectivity index (χ3n) is 3.74. The van der Waals surface area contributed by atoms with Gasteiger partial charge in [0.05, 0.1) is 19.3 Å². The number of aliphatic hydroxyl groups excluding tert-OH is 1. The zero-order valence-corrected chi connectivity index (χ0v) is 12.1. The Bertz CT molecular complexity index is 508. The second kappa shape index (κ2) is 6.98. The molecule has 0 unspecified atom stereocenters. The number of aliphatic hydroxyl groups is 1. The van der Waals surface area contributed by atoms with Gasteiger partial charge < -0.3 is 19.9 Å². The molecule has 0 aromatic heterocycles. The highest BCUT2D eigenvalue weighted by Crippen LogP contribution is 2.17. The number of hydrogen-bond acceptors (Lipinski definition) is 4. The fraction of sp³-hybridized carbons (Fsp3) is 0.533. The van der Waals surface area contributed by atoms with Crippen LogP contribution in [0.1, 0.15) is 15.9 Å². The second-order valence-corrected chi connectivity index (χ2v) is 5.24. The number of rotatable bonds is 4. The van der Waals surface area contributed by atoms with Gasteiger partial charge in [0.1, 0.15) is 11.9 Å². The van der Waals surface area contributed by atoms with Crippen molar-refractivity contribution in [3.63, 3.8) is 0 Å². The average molecular weight is 297 g/mol. The van der Waals surface area contributed by atoms with Gasteiger partial charge in [-0.15, -0.1) is 0 Å². The zero-order chi connectivity index (χ0) is 15.4. The molecule has 1 aliphatic heterocycles. The van der Waals surface area contributed by atoms with Gasteiger partial charge >= 0.3 is 0 Å². The van der Waals surface area contributed by atoms with E-state index >= 15 is 0 Å². The fourth-order valence-electron chi connectivity index (χ4n) is 2.28. The summed E-state index contributed by atoms with van der Waals surface area (Å²) in [6.45, 7) is 2.57. The molecule has 21 heavy (non-hydrogen) atoms. The standard InChI is InChI=1S/C15H20FNO4/c1-9-3-4-10(5-12(9)16)15(19)17-6-11-7-21-8-13(20-2)14(11)18/h3-5,11,13-14,18H,6-8H2,1-2H3,(H,17,19)/t11-,13-,14+/m1/s1. The van der Waals surface area contributed by atoms with Gasteiger partial charge in [-0.1, -0.05) is 6.07 Å². The molecule has 1 aliphatic rings. The molecule has 1 heterocycles. The first-order chi connectivity index (χ1) is 10.0. The molecule has 1 saturated heterocycles. The van der Waals surface area contributed by atoms with Crippen LogP contribution in [0.4, 0.5) is 4.39 Å². The fourth-order valence-corrected chi connectivity index (χ4v) is 2.28. The molecule has 1 fully saturated rings. The number of benzene rings is 1. The SMILES string of the molecule is CO[C@@H]1COC[C@@H](CNC(=O)c2ccc(C)c(F)c2)[C@@H]1O. The lowest BCUT2D eigenvalue weighted by Gasteiger charge is -2.33. The summed E-state index contributed by atoms with van der Waals surface area (Å²) in [5.74, 6) is -1.04. The molecular weight excluding hydrogens is 277 g/mol. The molecular formula is C15H20FNO4. The number of carbonyl (C=O) groups excluding carboxylic acids is 1. The Labute approximate surface area is 123 Å². The van der Waals surface area contributed by atoms with Crippen molar-refractivity contribution in [2.45, 2.75) is 19.1 Å². The third kappa shape index (κ3) is 3.78. The van der Waals surface area contributed by atoms with Crippen LogP contribution in [-0.2, 0) is 9.47 Å². The Kier molecular flexibility index (Phi) is 5.27. The lowest BCUT2D eigenvalue weighted by Crippen LogP contribution is -2.49. The van der Waals surface area contributed by atoms with Crippen LogP contribution in [0.2, 0.25) is 0 Å². The predicted molar refractivity (Wildman–Crippen MR) is 74.6 cm³/mol. The van der Waals surface area contributed by atoms with Crippen molar-refractivity contribution in [3.8, 4) is 0 Å². The summed E-state index contributed by atoms with van der Waals surface area (Å²) < 4.78 is 23.9. The van der Waals surface area contributed by atoms with Crippen LogP contribution in [0.5, 0.6) is 0 Å². The monoisotopic (exact) mass is 297 g/mol. The van der Waals surface area contributed by atoms with E-state index in [2.05, 4.69) is 5.32 Å². The summed E-state index contributed by atoms with van der Waals surface area (Å²) in [4.78, 5) is 12.0. The first-order valence-electron chi connectivity index (χ1n) is 6.86. The molecule has 0 aliphatic carbocycles. The summed E-state index contributed by atoms with van der Waals surface area (Å²) in [7, 11) is 1.51. The molecule has 1 aromatic rings. The molecule has 2 rings (SSSR count). The maximum atomic E-state index is 13.4. The van der Waals surface area contributed by atoms with E-state index in [1.807, 2.05) is 0 Å². The quantitative estimate of drug-likeness (QED) is 0.866. The molecule has 116 valence electrons. The molecule has 6 heteroatoms. The average Bonchev–Trinajstić information content (AvgIpc) is 2.48. The minimum Gasteiger partial charge on any atom is -0.390 e. The Hall–Kier alpha value is -1.50. The van der Waals surface area contributed by atoms with E-state index in [4.69, 9.17) is 9.47 Å². The van der Waals surface area contributed by atoms with E-state index in [9.17, 15) is 14.3 Å². The first kappa shape index (κ1) is 15.9. The Balaban J connectivity index is 1.92. The number of hydrogen-bond donors (Lipinski definition) is 2. The number of methoxy groups -OCH3 is 1. The van der Waals surface area contributed by atoms with Crippen LogP contribution in [0.3, 0.4) is 0 Å². The first-order valence-corrected chi connectivity index (χ1v) is 6.86. The van der Waals surface area contributed by atoms with Gasteiger partial charge in [-0.25, -0.2) is 4.39 Å². The number of carbonyl (C=O) groups is 1. The predicted octanol–water partition coefficient (Wildman–Crippen LogP) is 0.886. The largest absolute Gasteiger partial charge is 0.390 e. The van der Waals surface area contributed by atoms with E-state index in [1.165, 1.54) is 13.2 Å². The van der Waals surface area contributed by atoms with Gasteiger partial charge in [-0.2, -0.15) is 0 Å². The van der Waals surface area contributed by atoms with Crippen LogP contribution < -0.4 is 5.32 Å². The van der Waals surface area contributed by atoms with Gasteiger partial charge in [0.2, 0.25) is 0 Å². The minimum atomic E-state index is -0.696. The van der Waals surface area contributed by atoms with Crippen molar-refractivity contribution >= 4 is 5.91 Å². The van der Waals surface area contributed by atoms with Gasteiger partial charge in [0, 0.05) is 25.1 Å². The highest BCUT2D eigenvalue weighted by molar-refractivity contribution is 5.94. The summed E-state index contributed by atoms with van der Waals surface area (Å²) >= 11 is 0.